The summed E-state index contributed by atoms with van der Waals surface area (Å²) < 4.78 is 11.0. The van der Waals surface area contributed by atoms with E-state index in [1.54, 1.807) is 6.26 Å². The average molecular weight is 321 g/mol. The topological polar surface area (TPSA) is 58.8 Å². The summed E-state index contributed by atoms with van der Waals surface area (Å²) in [5.74, 6) is 1.28. The maximum atomic E-state index is 12.5. The van der Waals surface area contributed by atoms with Gasteiger partial charge in [0.25, 0.3) is 5.91 Å². The van der Waals surface area contributed by atoms with Gasteiger partial charge in [-0.2, -0.15) is 0 Å². The van der Waals surface area contributed by atoms with Crippen LogP contribution in [-0.4, -0.2) is 59.6 Å². The number of hydrogen-bond donors (Lipinski definition) is 0. The summed E-state index contributed by atoms with van der Waals surface area (Å²) in [6.07, 6.45) is 4.42. The van der Waals surface area contributed by atoms with Crippen LogP contribution >= 0.6 is 0 Å². The van der Waals surface area contributed by atoms with Crippen LogP contribution in [0.1, 0.15) is 50.6 Å². The van der Waals surface area contributed by atoms with E-state index in [1.165, 1.54) is 0 Å². The van der Waals surface area contributed by atoms with Crippen LogP contribution in [0.5, 0.6) is 0 Å². The largest absolute Gasteiger partial charge is 0.448 e. The Morgan fingerprint density at radius 1 is 1.30 bits per heavy atom. The Labute approximate surface area is 137 Å². The third-order valence-corrected chi connectivity index (χ3v) is 4.55. The van der Waals surface area contributed by atoms with Crippen molar-refractivity contribution in [2.45, 2.75) is 51.7 Å². The maximum Gasteiger partial charge on any atom is 0.251 e. The zero-order chi connectivity index (χ0) is 16.2. The van der Waals surface area contributed by atoms with Crippen LogP contribution in [-0.2, 0) is 16.1 Å². The van der Waals surface area contributed by atoms with Crippen LogP contribution in [0.15, 0.2) is 10.7 Å². The predicted octanol–water partition coefficient (Wildman–Crippen LogP) is 2.01. The number of oxazole rings is 1. The highest BCUT2D eigenvalue weighted by molar-refractivity contribution is 5.81. The van der Waals surface area contributed by atoms with Gasteiger partial charge in [-0.25, -0.2) is 4.98 Å². The summed E-state index contributed by atoms with van der Waals surface area (Å²) >= 11 is 0. The Morgan fingerprint density at radius 2 is 2.17 bits per heavy atom. The fourth-order valence-electron chi connectivity index (χ4n) is 3.22. The van der Waals surface area contributed by atoms with E-state index in [-0.39, 0.29) is 12.0 Å². The Hall–Kier alpha value is -1.40. The van der Waals surface area contributed by atoms with Crippen molar-refractivity contribution >= 4 is 5.91 Å². The molecular formula is C17H27N3O3. The van der Waals surface area contributed by atoms with Gasteiger partial charge in [0.1, 0.15) is 12.4 Å². The predicted molar refractivity (Wildman–Crippen MR) is 86.0 cm³/mol. The van der Waals surface area contributed by atoms with Crippen LogP contribution in [0.2, 0.25) is 0 Å². The Kier molecular flexibility index (Phi) is 5.33. The molecule has 2 saturated heterocycles. The van der Waals surface area contributed by atoms with Crippen molar-refractivity contribution in [3.05, 3.63) is 17.8 Å². The first kappa shape index (κ1) is 16.5. The second-order valence-corrected chi connectivity index (χ2v) is 6.79. The fraction of sp³-hybridized carbons (Fsp3) is 0.765. The summed E-state index contributed by atoms with van der Waals surface area (Å²) in [5, 5.41) is 0. The molecular weight excluding hydrogens is 294 g/mol. The number of ether oxygens (including phenoxy) is 1. The van der Waals surface area contributed by atoms with Gasteiger partial charge >= 0.3 is 0 Å². The molecule has 3 rings (SSSR count). The highest BCUT2D eigenvalue weighted by Gasteiger charge is 2.29. The van der Waals surface area contributed by atoms with Crippen molar-refractivity contribution in [3.63, 3.8) is 0 Å². The molecule has 2 aliphatic rings. The molecule has 0 aromatic carbocycles. The summed E-state index contributed by atoms with van der Waals surface area (Å²) in [6, 6.07) is 0. The van der Waals surface area contributed by atoms with Gasteiger partial charge in [-0.05, 0) is 19.3 Å². The Bertz CT molecular complexity index is 523. The first-order valence-corrected chi connectivity index (χ1v) is 8.70. The first-order chi connectivity index (χ1) is 11.1. The van der Waals surface area contributed by atoms with E-state index >= 15 is 0 Å². The lowest BCUT2D eigenvalue weighted by atomic mass is 10.2. The minimum absolute atomic E-state index is 0.174. The molecule has 1 amide bonds. The van der Waals surface area contributed by atoms with Crippen molar-refractivity contribution in [1.29, 1.82) is 0 Å². The zero-order valence-corrected chi connectivity index (χ0v) is 14.2. The number of nitrogens with zero attached hydrogens (tertiary/aromatic N) is 3. The van der Waals surface area contributed by atoms with E-state index in [1.807, 2.05) is 4.90 Å². The monoisotopic (exact) mass is 321 g/mol. The number of hydrogen-bond acceptors (Lipinski definition) is 5. The summed E-state index contributed by atoms with van der Waals surface area (Å²) in [5.41, 5.74) is 0.979. The maximum absolute atomic E-state index is 12.5. The Morgan fingerprint density at radius 3 is 2.87 bits per heavy atom. The van der Waals surface area contributed by atoms with Gasteiger partial charge in [-0.1, -0.05) is 13.8 Å². The molecule has 1 aromatic rings. The molecule has 0 saturated carbocycles. The van der Waals surface area contributed by atoms with E-state index < -0.39 is 0 Å². The van der Waals surface area contributed by atoms with E-state index in [0.717, 1.165) is 70.2 Å². The van der Waals surface area contributed by atoms with Crippen molar-refractivity contribution in [2.75, 3.05) is 32.8 Å². The standard InChI is InChI=1S/C17H27N3O3/c1-13(2)16-18-14(12-23-16)11-19-6-4-7-20(9-8-19)17(21)15-5-3-10-22-15/h12-13,15H,3-11H2,1-2H3. The number of amides is 1. The van der Waals surface area contributed by atoms with Crippen LogP contribution in [0.3, 0.4) is 0 Å². The molecule has 3 heterocycles. The van der Waals surface area contributed by atoms with Gasteiger partial charge < -0.3 is 14.1 Å². The van der Waals surface area contributed by atoms with E-state index in [2.05, 4.69) is 23.7 Å². The number of carbonyl (C=O) groups excluding carboxylic acids is 1. The molecule has 1 atom stereocenters. The highest BCUT2D eigenvalue weighted by Crippen LogP contribution is 2.18. The van der Waals surface area contributed by atoms with E-state index in [0.29, 0.717) is 5.92 Å². The Balaban J connectivity index is 1.52. The second kappa shape index (κ2) is 7.45. The van der Waals surface area contributed by atoms with E-state index in [9.17, 15) is 4.79 Å². The van der Waals surface area contributed by atoms with Crippen LogP contribution in [0.25, 0.3) is 0 Å². The van der Waals surface area contributed by atoms with Gasteiger partial charge in [0.2, 0.25) is 0 Å². The molecule has 1 unspecified atom stereocenters. The van der Waals surface area contributed by atoms with Crippen molar-refractivity contribution in [3.8, 4) is 0 Å². The highest BCUT2D eigenvalue weighted by atomic mass is 16.5. The van der Waals surface area contributed by atoms with Crippen LogP contribution < -0.4 is 0 Å². The molecule has 2 fully saturated rings. The molecule has 0 spiro atoms. The minimum atomic E-state index is -0.203. The normalized spacial score (nSPS) is 23.4. The molecule has 0 N–H and O–H groups in total. The summed E-state index contributed by atoms with van der Waals surface area (Å²) in [6.45, 7) is 9.13. The van der Waals surface area contributed by atoms with Gasteiger partial charge in [0.05, 0.1) is 5.69 Å². The van der Waals surface area contributed by atoms with Crippen LogP contribution in [0, 0.1) is 0 Å². The van der Waals surface area contributed by atoms with Crippen LogP contribution in [0.4, 0.5) is 0 Å². The van der Waals surface area contributed by atoms with Gasteiger partial charge in [-0.15, -0.1) is 0 Å². The quantitative estimate of drug-likeness (QED) is 0.849. The van der Waals surface area contributed by atoms with Crippen molar-refractivity contribution in [2.24, 2.45) is 0 Å². The molecule has 0 bridgehead atoms. The SMILES string of the molecule is CC(C)c1nc(CN2CCCN(C(=O)C3CCCO3)CC2)co1. The smallest absolute Gasteiger partial charge is 0.251 e. The minimum Gasteiger partial charge on any atom is -0.448 e. The molecule has 2 aliphatic heterocycles. The van der Waals surface area contributed by atoms with Gasteiger partial charge in [0, 0.05) is 45.2 Å². The molecule has 6 heteroatoms. The fourth-order valence-corrected chi connectivity index (χ4v) is 3.22. The number of rotatable bonds is 4. The third-order valence-electron chi connectivity index (χ3n) is 4.55. The molecule has 0 aliphatic carbocycles. The average Bonchev–Trinajstić information content (AvgIpc) is 3.16. The van der Waals surface area contributed by atoms with Crippen molar-refractivity contribution in [1.82, 2.24) is 14.8 Å². The summed E-state index contributed by atoms with van der Waals surface area (Å²) in [4.78, 5) is 21.3. The van der Waals surface area contributed by atoms with E-state index in [4.69, 9.17) is 9.15 Å². The zero-order valence-electron chi connectivity index (χ0n) is 14.2. The molecule has 23 heavy (non-hydrogen) atoms. The lowest BCUT2D eigenvalue weighted by molar-refractivity contribution is -0.140. The summed E-state index contributed by atoms with van der Waals surface area (Å²) in [7, 11) is 0. The third kappa shape index (κ3) is 4.12. The second-order valence-electron chi connectivity index (χ2n) is 6.79. The van der Waals surface area contributed by atoms with Crippen molar-refractivity contribution < 1.29 is 13.9 Å². The molecule has 128 valence electrons. The van der Waals surface area contributed by atoms with Gasteiger partial charge in [-0.3, -0.25) is 9.69 Å². The lowest BCUT2D eigenvalue weighted by Crippen LogP contribution is -2.41. The molecule has 0 radical (unpaired) electrons. The first-order valence-electron chi connectivity index (χ1n) is 8.70. The number of carbonyl (C=O) groups is 1. The van der Waals surface area contributed by atoms with Gasteiger partial charge in [0.15, 0.2) is 5.89 Å². The number of aromatic nitrogens is 1. The lowest BCUT2D eigenvalue weighted by Gasteiger charge is -2.24. The molecule has 6 nitrogen and oxygen atoms in total. The molecule has 1 aromatic heterocycles.